The number of hydrogen-bond donors (Lipinski definition) is 2. The first-order chi connectivity index (χ1) is 7.02. The lowest BCUT2D eigenvalue weighted by molar-refractivity contribution is -0.385. The van der Waals surface area contributed by atoms with Crippen molar-refractivity contribution in [3.8, 4) is 0 Å². The van der Waals surface area contributed by atoms with E-state index in [9.17, 15) is 10.1 Å². The number of nitrogens with zero attached hydrogens (tertiary/aromatic N) is 2. The van der Waals surface area contributed by atoms with Gasteiger partial charge in [-0.25, -0.2) is 4.99 Å². The topological polar surface area (TPSA) is 108 Å². The van der Waals surface area contributed by atoms with Crippen molar-refractivity contribution in [3.05, 3.63) is 38.3 Å². The minimum absolute atomic E-state index is 0. The van der Waals surface area contributed by atoms with E-state index < -0.39 is 4.92 Å². The summed E-state index contributed by atoms with van der Waals surface area (Å²) in [5.41, 5.74) is 10.8. The summed E-state index contributed by atoms with van der Waals surface area (Å²) in [4.78, 5) is 14.0. The average molecular weight is 310 g/mol. The molecule has 8 heteroatoms. The first-order valence-electron chi connectivity index (χ1n) is 3.99. The molecule has 0 aliphatic carbocycles. The highest BCUT2D eigenvalue weighted by atomic mass is 79.9. The molecule has 0 aliphatic rings. The van der Waals surface area contributed by atoms with E-state index in [0.29, 0.717) is 10.0 Å². The van der Waals surface area contributed by atoms with Crippen molar-refractivity contribution in [2.24, 2.45) is 16.5 Å². The molecule has 0 bridgehead atoms. The number of nitro groups is 1. The summed E-state index contributed by atoms with van der Waals surface area (Å²) in [5, 5.41) is 10.7. The van der Waals surface area contributed by atoms with Gasteiger partial charge in [0.1, 0.15) is 0 Å². The number of nitrogens with two attached hydrogens (primary N) is 2. The van der Waals surface area contributed by atoms with Gasteiger partial charge in [0.05, 0.1) is 17.0 Å². The Morgan fingerprint density at radius 2 is 2.12 bits per heavy atom. The third-order valence-electron chi connectivity index (χ3n) is 1.71. The van der Waals surface area contributed by atoms with Crippen molar-refractivity contribution in [3.63, 3.8) is 0 Å². The summed E-state index contributed by atoms with van der Waals surface area (Å²) >= 11 is 3.21. The zero-order valence-electron chi connectivity index (χ0n) is 8.09. The number of rotatable bonds is 3. The maximum Gasteiger partial charge on any atom is 0.275 e. The third-order valence-corrected chi connectivity index (χ3v) is 2.45. The monoisotopic (exact) mass is 308 g/mol. The fourth-order valence-corrected chi connectivity index (χ4v) is 1.53. The van der Waals surface area contributed by atoms with E-state index in [1.54, 1.807) is 12.1 Å². The molecular weight excluding hydrogens is 299 g/mol. The van der Waals surface area contributed by atoms with Crippen LogP contribution in [0.15, 0.2) is 27.7 Å². The van der Waals surface area contributed by atoms with E-state index in [0.717, 1.165) is 0 Å². The number of guanidine groups is 1. The van der Waals surface area contributed by atoms with E-state index in [1.807, 2.05) is 0 Å². The van der Waals surface area contributed by atoms with Crippen molar-refractivity contribution in [2.75, 3.05) is 0 Å². The highest BCUT2D eigenvalue weighted by Crippen LogP contribution is 2.27. The minimum atomic E-state index is -0.470. The Balaban J connectivity index is 0.00000225. The summed E-state index contributed by atoms with van der Waals surface area (Å²) in [6.07, 6.45) is 0. The maximum absolute atomic E-state index is 10.7. The van der Waals surface area contributed by atoms with Gasteiger partial charge in [0, 0.05) is 10.5 Å². The molecule has 0 aromatic heterocycles. The summed E-state index contributed by atoms with van der Waals surface area (Å²) in [5.74, 6) is -0.0972. The third kappa shape index (κ3) is 3.67. The molecule has 0 unspecified atom stereocenters. The predicted octanol–water partition coefficient (Wildman–Crippen LogP) is 1.55. The minimum Gasteiger partial charge on any atom is -0.370 e. The van der Waals surface area contributed by atoms with Crippen molar-refractivity contribution >= 4 is 40.0 Å². The first kappa shape index (κ1) is 14.7. The SMILES string of the molecule is Cl.NC(N)=NCc1c(Br)cccc1[N+](=O)[O-]. The van der Waals surface area contributed by atoms with Crippen molar-refractivity contribution in [1.29, 1.82) is 0 Å². The molecule has 0 fully saturated rings. The van der Waals surface area contributed by atoms with Gasteiger partial charge in [-0.15, -0.1) is 12.4 Å². The summed E-state index contributed by atoms with van der Waals surface area (Å²) < 4.78 is 0.613. The van der Waals surface area contributed by atoms with Crippen LogP contribution in [0.1, 0.15) is 5.56 Å². The molecule has 1 aromatic carbocycles. The van der Waals surface area contributed by atoms with E-state index >= 15 is 0 Å². The molecule has 0 aliphatic heterocycles. The van der Waals surface area contributed by atoms with Crippen LogP contribution in [0.4, 0.5) is 5.69 Å². The second-order valence-corrected chi connectivity index (χ2v) is 3.59. The van der Waals surface area contributed by atoms with Crippen LogP contribution in [0.3, 0.4) is 0 Å². The van der Waals surface area contributed by atoms with Crippen LogP contribution in [-0.2, 0) is 6.54 Å². The van der Waals surface area contributed by atoms with Crippen molar-refractivity contribution < 1.29 is 4.92 Å². The Hall–Kier alpha value is -1.34. The fourth-order valence-electron chi connectivity index (χ4n) is 1.05. The molecule has 0 saturated carbocycles. The molecule has 0 atom stereocenters. The van der Waals surface area contributed by atoms with Gasteiger partial charge in [-0.3, -0.25) is 10.1 Å². The van der Waals surface area contributed by atoms with Crippen LogP contribution < -0.4 is 11.5 Å². The highest BCUT2D eigenvalue weighted by molar-refractivity contribution is 9.10. The average Bonchev–Trinajstić information content (AvgIpc) is 2.15. The number of nitro benzene ring substituents is 1. The standard InChI is InChI=1S/C8H9BrN4O2.ClH/c9-6-2-1-3-7(13(14)15)5(6)4-12-8(10)11;/h1-3H,4H2,(H4,10,11,12);1H. The molecule has 4 N–H and O–H groups in total. The van der Waals surface area contributed by atoms with E-state index in [-0.39, 0.29) is 30.6 Å². The molecule has 16 heavy (non-hydrogen) atoms. The van der Waals surface area contributed by atoms with Crippen LogP contribution >= 0.6 is 28.3 Å². The zero-order valence-corrected chi connectivity index (χ0v) is 10.5. The fraction of sp³-hybridized carbons (Fsp3) is 0.125. The van der Waals surface area contributed by atoms with Crippen LogP contribution in [0.25, 0.3) is 0 Å². The van der Waals surface area contributed by atoms with E-state index in [4.69, 9.17) is 11.5 Å². The molecule has 0 spiro atoms. The smallest absolute Gasteiger partial charge is 0.275 e. The Kier molecular flexibility index (Phi) is 5.76. The van der Waals surface area contributed by atoms with Crippen molar-refractivity contribution in [2.45, 2.75) is 6.54 Å². The van der Waals surface area contributed by atoms with Gasteiger partial charge >= 0.3 is 0 Å². The molecule has 0 amide bonds. The summed E-state index contributed by atoms with van der Waals surface area (Å²) in [7, 11) is 0. The van der Waals surface area contributed by atoms with Gasteiger partial charge in [-0.05, 0) is 6.07 Å². The second kappa shape index (κ2) is 6.29. The van der Waals surface area contributed by atoms with Gasteiger partial charge in [0.25, 0.3) is 5.69 Å². The van der Waals surface area contributed by atoms with Crippen LogP contribution in [0.5, 0.6) is 0 Å². The predicted molar refractivity (Wildman–Crippen MR) is 67.6 cm³/mol. The Morgan fingerprint density at radius 3 is 2.62 bits per heavy atom. The molecular formula is C8H10BrClN4O2. The molecule has 0 saturated heterocycles. The summed E-state index contributed by atoms with van der Waals surface area (Å²) in [6, 6.07) is 4.69. The molecule has 0 radical (unpaired) electrons. The maximum atomic E-state index is 10.7. The van der Waals surface area contributed by atoms with Gasteiger partial charge < -0.3 is 11.5 Å². The Morgan fingerprint density at radius 1 is 1.50 bits per heavy atom. The van der Waals surface area contributed by atoms with Crippen LogP contribution in [0, 0.1) is 10.1 Å². The molecule has 88 valence electrons. The van der Waals surface area contributed by atoms with Gasteiger partial charge in [-0.2, -0.15) is 0 Å². The van der Waals surface area contributed by atoms with Crippen molar-refractivity contribution in [1.82, 2.24) is 0 Å². The Labute approximate surface area is 106 Å². The number of aliphatic imine (C=N–C) groups is 1. The number of halogens is 2. The highest BCUT2D eigenvalue weighted by Gasteiger charge is 2.15. The summed E-state index contributed by atoms with van der Waals surface area (Å²) in [6.45, 7) is 0.0834. The van der Waals surface area contributed by atoms with E-state index in [2.05, 4.69) is 20.9 Å². The van der Waals surface area contributed by atoms with Crippen LogP contribution in [0.2, 0.25) is 0 Å². The lowest BCUT2D eigenvalue weighted by Crippen LogP contribution is -2.22. The van der Waals surface area contributed by atoms with Gasteiger partial charge in [0.15, 0.2) is 5.96 Å². The molecule has 1 rings (SSSR count). The quantitative estimate of drug-likeness (QED) is 0.382. The Bertz CT molecular complexity index is 420. The number of hydrogen-bond acceptors (Lipinski definition) is 3. The van der Waals surface area contributed by atoms with Gasteiger partial charge in [-0.1, -0.05) is 22.0 Å². The lowest BCUT2D eigenvalue weighted by atomic mass is 10.2. The lowest BCUT2D eigenvalue weighted by Gasteiger charge is -2.02. The zero-order chi connectivity index (χ0) is 11.4. The largest absolute Gasteiger partial charge is 0.370 e. The van der Waals surface area contributed by atoms with Crippen LogP contribution in [-0.4, -0.2) is 10.9 Å². The normalized spacial score (nSPS) is 9.06. The second-order valence-electron chi connectivity index (χ2n) is 2.74. The molecule has 1 aromatic rings. The van der Waals surface area contributed by atoms with E-state index in [1.165, 1.54) is 6.07 Å². The number of benzene rings is 1. The first-order valence-corrected chi connectivity index (χ1v) is 4.79. The molecule has 6 nitrogen and oxygen atoms in total. The molecule has 0 heterocycles. The van der Waals surface area contributed by atoms with Gasteiger partial charge in [0.2, 0.25) is 0 Å².